The fourth-order valence-electron chi connectivity index (χ4n) is 1.74. The molecule has 0 unspecified atom stereocenters. The molecule has 0 saturated heterocycles. The van der Waals surface area contributed by atoms with Gasteiger partial charge in [0.2, 0.25) is 0 Å². The van der Waals surface area contributed by atoms with Crippen molar-refractivity contribution in [1.29, 1.82) is 0 Å². The Balaban J connectivity index is 4.00. The molecule has 0 aliphatic rings. The van der Waals surface area contributed by atoms with Gasteiger partial charge in [0.15, 0.2) is 0 Å². The summed E-state index contributed by atoms with van der Waals surface area (Å²) in [5, 5.41) is 0. The first-order valence-corrected chi connectivity index (χ1v) is 5.88. The maximum absolute atomic E-state index is 11.4. The summed E-state index contributed by atoms with van der Waals surface area (Å²) in [5.74, 6) is 0.511. The van der Waals surface area contributed by atoms with Gasteiger partial charge in [0.1, 0.15) is 5.78 Å². The molecule has 0 spiro atoms. The lowest BCUT2D eigenvalue weighted by molar-refractivity contribution is -0.121. The Morgan fingerprint density at radius 3 is 2.07 bits per heavy atom. The molecule has 0 aliphatic carbocycles. The van der Waals surface area contributed by atoms with Crippen LogP contribution in [0, 0.1) is 5.92 Å². The molecular weight excluding hydrogens is 188 g/mol. The van der Waals surface area contributed by atoms with E-state index in [0.717, 1.165) is 32.6 Å². The van der Waals surface area contributed by atoms with Gasteiger partial charge in [-0.15, -0.1) is 0 Å². The summed E-state index contributed by atoms with van der Waals surface area (Å²) in [6, 6.07) is 0. The monoisotopic (exact) mass is 214 g/mol. The van der Waals surface area contributed by atoms with Gasteiger partial charge in [-0.05, 0) is 47.1 Å². The molecule has 0 aromatic heterocycles. The van der Waals surface area contributed by atoms with E-state index in [1.807, 2.05) is 14.1 Å². The highest BCUT2D eigenvalue weighted by molar-refractivity contribution is 5.78. The number of carbonyl (C=O) groups is 1. The van der Waals surface area contributed by atoms with E-state index in [1.54, 1.807) is 6.92 Å². The minimum absolute atomic E-state index is 0.195. The molecular formula is C12H26N2O. The van der Waals surface area contributed by atoms with Crippen molar-refractivity contribution in [3.8, 4) is 0 Å². The van der Waals surface area contributed by atoms with E-state index in [4.69, 9.17) is 0 Å². The van der Waals surface area contributed by atoms with Crippen molar-refractivity contribution in [1.82, 2.24) is 9.80 Å². The number of hydrogen-bond acceptors (Lipinski definition) is 3. The zero-order chi connectivity index (χ0) is 11.8. The molecule has 0 aromatic carbocycles. The predicted octanol–water partition coefficient (Wildman–Crippen LogP) is 1.49. The van der Waals surface area contributed by atoms with E-state index < -0.39 is 0 Å². The SMILES string of the molecule is CCN(CC)CC[C@H](CN(C)C)C(C)=O. The van der Waals surface area contributed by atoms with Crippen LogP contribution in [0.15, 0.2) is 0 Å². The van der Waals surface area contributed by atoms with Crippen LogP contribution in [-0.2, 0) is 4.79 Å². The average Bonchev–Trinajstić information content (AvgIpc) is 2.16. The highest BCUT2D eigenvalue weighted by Crippen LogP contribution is 2.07. The van der Waals surface area contributed by atoms with Crippen LogP contribution in [-0.4, -0.2) is 55.9 Å². The molecule has 0 rings (SSSR count). The van der Waals surface area contributed by atoms with E-state index in [-0.39, 0.29) is 5.92 Å². The molecule has 3 nitrogen and oxygen atoms in total. The number of Topliss-reactive ketones (excluding diaryl/α,β-unsaturated/α-hetero) is 1. The Bertz CT molecular complexity index is 176. The Morgan fingerprint density at radius 2 is 1.73 bits per heavy atom. The van der Waals surface area contributed by atoms with E-state index in [9.17, 15) is 4.79 Å². The number of carbonyl (C=O) groups excluding carboxylic acids is 1. The van der Waals surface area contributed by atoms with Crippen molar-refractivity contribution in [3.63, 3.8) is 0 Å². The molecule has 3 heteroatoms. The summed E-state index contributed by atoms with van der Waals surface area (Å²) in [4.78, 5) is 15.9. The lowest BCUT2D eigenvalue weighted by atomic mass is 10.0. The second kappa shape index (κ2) is 7.83. The van der Waals surface area contributed by atoms with Crippen LogP contribution >= 0.6 is 0 Å². The summed E-state index contributed by atoms with van der Waals surface area (Å²) < 4.78 is 0. The summed E-state index contributed by atoms with van der Waals surface area (Å²) >= 11 is 0. The van der Waals surface area contributed by atoms with Crippen LogP contribution in [0.25, 0.3) is 0 Å². The first-order chi connectivity index (χ1) is 7.01. The molecule has 15 heavy (non-hydrogen) atoms. The maximum Gasteiger partial charge on any atom is 0.134 e. The fraction of sp³-hybridized carbons (Fsp3) is 0.917. The van der Waals surface area contributed by atoms with Crippen molar-refractivity contribution < 1.29 is 4.79 Å². The maximum atomic E-state index is 11.4. The van der Waals surface area contributed by atoms with Crippen molar-refractivity contribution >= 4 is 5.78 Å². The van der Waals surface area contributed by atoms with E-state index in [0.29, 0.717) is 5.78 Å². The third-order valence-corrected chi connectivity index (χ3v) is 2.85. The van der Waals surface area contributed by atoms with Gasteiger partial charge in [0, 0.05) is 12.5 Å². The zero-order valence-electron chi connectivity index (χ0n) is 10.9. The number of hydrogen-bond donors (Lipinski definition) is 0. The van der Waals surface area contributed by atoms with Crippen molar-refractivity contribution in [3.05, 3.63) is 0 Å². The Morgan fingerprint density at radius 1 is 1.20 bits per heavy atom. The Hall–Kier alpha value is -0.410. The second-order valence-electron chi connectivity index (χ2n) is 4.39. The lowest BCUT2D eigenvalue weighted by Crippen LogP contribution is -2.31. The Labute approximate surface area is 94.4 Å². The first-order valence-electron chi connectivity index (χ1n) is 5.88. The van der Waals surface area contributed by atoms with Crippen molar-refractivity contribution in [2.75, 3.05) is 40.3 Å². The minimum atomic E-state index is 0.195. The highest BCUT2D eigenvalue weighted by atomic mass is 16.1. The molecule has 0 saturated carbocycles. The van der Waals surface area contributed by atoms with Crippen LogP contribution in [0.5, 0.6) is 0 Å². The summed E-state index contributed by atoms with van der Waals surface area (Å²) in [6.45, 7) is 10.1. The van der Waals surface area contributed by atoms with Crippen LogP contribution in [0.4, 0.5) is 0 Å². The molecule has 90 valence electrons. The third-order valence-electron chi connectivity index (χ3n) is 2.85. The normalized spacial score (nSPS) is 13.5. The molecule has 0 aliphatic heterocycles. The first kappa shape index (κ1) is 14.6. The molecule has 0 heterocycles. The molecule has 0 radical (unpaired) electrons. The second-order valence-corrected chi connectivity index (χ2v) is 4.39. The van der Waals surface area contributed by atoms with Gasteiger partial charge in [-0.3, -0.25) is 4.79 Å². The van der Waals surface area contributed by atoms with Crippen LogP contribution < -0.4 is 0 Å². The van der Waals surface area contributed by atoms with Gasteiger partial charge in [-0.1, -0.05) is 13.8 Å². The largest absolute Gasteiger partial charge is 0.309 e. The molecule has 0 N–H and O–H groups in total. The molecule has 1 atom stereocenters. The number of ketones is 1. The van der Waals surface area contributed by atoms with Gasteiger partial charge in [-0.2, -0.15) is 0 Å². The zero-order valence-corrected chi connectivity index (χ0v) is 10.9. The van der Waals surface area contributed by atoms with Crippen molar-refractivity contribution in [2.45, 2.75) is 27.2 Å². The molecule has 0 bridgehead atoms. The number of rotatable bonds is 8. The van der Waals surface area contributed by atoms with E-state index in [1.165, 1.54) is 0 Å². The minimum Gasteiger partial charge on any atom is -0.309 e. The van der Waals surface area contributed by atoms with Crippen LogP contribution in [0.3, 0.4) is 0 Å². The predicted molar refractivity (Wildman–Crippen MR) is 65.1 cm³/mol. The molecule has 0 fully saturated rings. The lowest BCUT2D eigenvalue weighted by Gasteiger charge is -2.23. The van der Waals surface area contributed by atoms with Gasteiger partial charge in [-0.25, -0.2) is 0 Å². The molecule has 0 aromatic rings. The third kappa shape index (κ3) is 6.63. The summed E-state index contributed by atoms with van der Waals surface area (Å²) in [7, 11) is 4.04. The smallest absolute Gasteiger partial charge is 0.134 e. The summed E-state index contributed by atoms with van der Waals surface area (Å²) in [5.41, 5.74) is 0. The van der Waals surface area contributed by atoms with E-state index in [2.05, 4.69) is 23.6 Å². The Kier molecular flexibility index (Phi) is 7.61. The van der Waals surface area contributed by atoms with Crippen molar-refractivity contribution in [2.24, 2.45) is 5.92 Å². The topological polar surface area (TPSA) is 23.6 Å². The van der Waals surface area contributed by atoms with Gasteiger partial charge >= 0.3 is 0 Å². The van der Waals surface area contributed by atoms with Crippen LogP contribution in [0.2, 0.25) is 0 Å². The van der Waals surface area contributed by atoms with Crippen LogP contribution in [0.1, 0.15) is 27.2 Å². The highest BCUT2D eigenvalue weighted by Gasteiger charge is 2.15. The quantitative estimate of drug-likeness (QED) is 0.611. The van der Waals surface area contributed by atoms with Gasteiger partial charge in [0.05, 0.1) is 0 Å². The molecule has 0 amide bonds. The van der Waals surface area contributed by atoms with Gasteiger partial charge in [0.25, 0.3) is 0 Å². The summed E-state index contributed by atoms with van der Waals surface area (Å²) in [6.07, 6.45) is 0.981. The fourth-order valence-corrected chi connectivity index (χ4v) is 1.74. The van der Waals surface area contributed by atoms with E-state index >= 15 is 0 Å². The average molecular weight is 214 g/mol. The standard InChI is InChI=1S/C12H26N2O/c1-6-14(7-2)9-8-12(11(3)15)10-13(4)5/h12H,6-10H2,1-5H3/t12-/m1/s1. The van der Waals surface area contributed by atoms with Gasteiger partial charge < -0.3 is 9.80 Å². The number of nitrogens with zero attached hydrogens (tertiary/aromatic N) is 2.